The number of aliphatic hydroxyl groups is 7. The van der Waals surface area contributed by atoms with Gasteiger partial charge in [-0.2, -0.15) is 0 Å². The second kappa shape index (κ2) is 39.0. The fourth-order valence-corrected chi connectivity index (χ4v) is 7.55. The van der Waals surface area contributed by atoms with Gasteiger partial charge in [-0.05, 0) is 77.0 Å². The fourth-order valence-electron chi connectivity index (χ4n) is 7.55. The van der Waals surface area contributed by atoms with Crippen LogP contribution in [0.5, 0.6) is 0 Å². The SMILES string of the molecule is CC/C=C\C/C=C\C/C=C\CCCCCC(=O)OC(COC(=O)CCCCCCCCC/C=C\C/C=C\CCCCCC)COC1OC(COC2OC(CO)C(O)C(O)C2O)C(O)C(O)C1O. The van der Waals surface area contributed by atoms with Crippen LogP contribution >= 0.6 is 0 Å². The van der Waals surface area contributed by atoms with Crippen LogP contribution in [0.25, 0.3) is 0 Å². The minimum absolute atomic E-state index is 0.126. The van der Waals surface area contributed by atoms with Crippen LogP contribution in [0.2, 0.25) is 0 Å². The Bertz CT molecular complexity index is 1400. The Morgan fingerprint density at radius 2 is 0.940 bits per heavy atom. The number of allylic oxidation sites excluding steroid dienone is 10. The summed E-state index contributed by atoms with van der Waals surface area (Å²) in [6, 6.07) is 0. The zero-order chi connectivity index (χ0) is 48.9. The third-order valence-electron chi connectivity index (χ3n) is 11.7. The molecular weight excluding hydrogens is 865 g/mol. The first-order valence-electron chi connectivity index (χ1n) is 25.4. The van der Waals surface area contributed by atoms with Gasteiger partial charge in [0.2, 0.25) is 0 Å². The Morgan fingerprint density at radius 3 is 1.49 bits per heavy atom. The van der Waals surface area contributed by atoms with E-state index in [1.54, 1.807) is 0 Å². The number of hydrogen-bond acceptors (Lipinski definition) is 15. The molecule has 0 amide bonds. The molecule has 0 saturated carbocycles. The fraction of sp³-hybridized carbons (Fsp3) is 0.769. The molecule has 0 aromatic heterocycles. The highest BCUT2D eigenvalue weighted by atomic mass is 16.7. The summed E-state index contributed by atoms with van der Waals surface area (Å²) < 4.78 is 33.5. The number of rotatable bonds is 38. The van der Waals surface area contributed by atoms with E-state index in [1.807, 2.05) is 0 Å². The van der Waals surface area contributed by atoms with Crippen LogP contribution in [-0.4, -0.2) is 142 Å². The molecule has 0 aromatic carbocycles. The number of aliphatic hydroxyl groups excluding tert-OH is 7. The van der Waals surface area contributed by atoms with Crippen LogP contribution in [0.3, 0.4) is 0 Å². The first kappa shape index (κ1) is 60.3. The summed E-state index contributed by atoms with van der Waals surface area (Å²) in [6.45, 7) is 2.40. The van der Waals surface area contributed by atoms with Crippen molar-refractivity contribution < 1.29 is 73.8 Å². The maximum absolute atomic E-state index is 13.0. The van der Waals surface area contributed by atoms with E-state index in [4.69, 9.17) is 28.4 Å². The number of carbonyl (C=O) groups excluding carboxylic acids is 2. The van der Waals surface area contributed by atoms with Crippen molar-refractivity contribution in [2.45, 2.75) is 229 Å². The Kier molecular flexibility index (Phi) is 35.1. The van der Waals surface area contributed by atoms with Crippen molar-refractivity contribution in [3.8, 4) is 0 Å². The molecule has 15 nitrogen and oxygen atoms in total. The normalized spacial score (nSPS) is 26.5. The molecule has 11 atom stereocenters. The number of unbranched alkanes of at least 4 members (excludes halogenated alkanes) is 14. The van der Waals surface area contributed by atoms with Gasteiger partial charge in [-0.15, -0.1) is 0 Å². The van der Waals surface area contributed by atoms with Gasteiger partial charge in [-0.1, -0.05) is 132 Å². The van der Waals surface area contributed by atoms with Crippen molar-refractivity contribution in [2.24, 2.45) is 0 Å². The molecule has 2 rings (SSSR count). The van der Waals surface area contributed by atoms with Crippen LogP contribution in [0.4, 0.5) is 0 Å². The Labute approximate surface area is 400 Å². The van der Waals surface area contributed by atoms with E-state index in [0.717, 1.165) is 77.0 Å². The van der Waals surface area contributed by atoms with Crippen LogP contribution < -0.4 is 0 Å². The molecule has 0 spiro atoms. The molecule has 2 aliphatic heterocycles. The van der Waals surface area contributed by atoms with Gasteiger partial charge < -0.3 is 64.2 Å². The van der Waals surface area contributed by atoms with Gasteiger partial charge >= 0.3 is 11.9 Å². The number of carbonyl (C=O) groups is 2. The van der Waals surface area contributed by atoms with E-state index < -0.39 is 99.3 Å². The predicted octanol–water partition coefficient (Wildman–Crippen LogP) is 6.88. The average molecular weight is 953 g/mol. The topological polar surface area (TPSA) is 231 Å². The maximum Gasteiger partial charge on any atom is 0.306 e. The van der Waals surface area contributed by atoms with Crippen molar-refractivity contribution in [1.29, 1.82) is 0 Å². The zero-order valence-electron chi connectivity index (χ0n) is 40.6. The molecule has 67 heavy (non-hydrogen) atoms. The summed E-state index contributed by atoms with van der Waals surface area (Å²) in [7, 11) is 0. The lowest BCUT2D eigenvalue weighted by molar-refractivity contribution is -0.332. The Balaban J connectivity index is 1.82. The summed E-state index contributed by atoms with van der Waals surface area (Å²) >= 11 is 0. The van der Waals surface area contributed by atoms with E-state index in [-0.39, 0.29) is 19.4 Å². The highest BCUT2D eigenvalue weighted by molar-refractivity contribution is 5.70. The predicted molar refractivity (Wildman–Crippen MR) is 256 cm³/mol. The second-order valence-corrected chi connectivity index (χ2v) is 17.6. The lowest BCUT2D eigenvalue weighted by Gasteiger charge is -2.42. The maximum atomic E-state index is 13.0. The molecule has 7 N–H and O–H groups in total. The van der Waals surface area contributed by atoms with Crippen molar-refractivity contribution in [3.63, 3.8) is 0 Å². The van der Waals surface area contributed by atoms with Gasteiger partial charge in [-0.3, -0.25) is 9.59 Å². The van der Waals surface area contributed by atoms with Gasteiger partial charge in [0.25, 0.3) is 0 Å². The first-order chi connectivity index (χ1) is 32.5. The van der Waals surface area contributed by atoms with E-state index >= 15 is 0 Å². The smallest absolute Gasteiger partial charge is 0.306 e. The average Bonchev–Trinajstić information content (AvgIpc) is 3.32. The van der Waals surface area contributed by atoms with Gasteiger partial charge in [-0.25, -0.2) is 0 Å². The van der Waals surface area contributed by atoms with E-state index in [0.29, 0.717) is 12.8 Å². The summed E-state index contributed by atoms with van der Waals surface area (Å²) in [5, 5.41) is 72.0. The monoisotopic (exact) mass is 953 g/mol. The van der Waals surface area contributed by atoms with Crippen LogP contribution in [-0.2, 0) is 38.0 Å². The van der Waals surface area contributed by atoms with Crippen LogP contribution in [0.15, 0.2) is 60.8 Å². The van der Waals surface area contributed by atoms with E-state index in [9.17, 15) is 45.3 Å². The van der Waals surface area contributed by atoms with E-state index in [1.165, 1.54) is 44.9 Å². The van der Waals surface area contributed by atoms with Crippen LogP contribution in [0, 0.1) is 0 Å². The summed E-state index contributed by atoms with van der Waals surface area (Å²) in [4.78, 5) is 25.7. The summed E-state index contributed by atoms with van der Waals surface area (Å²) in [6.07, 6.45) is 26.8. The van der Waals surface area contributed by atoms with Crippen molar-refractivity contribution in [1.82, 2.24) is 0 Å². The Morgan fingerprint density at radius 1 is 0.493 bits per heavy atom. The highest BCUT2D eigenvalue weighted by Gasteiger charge is 2.47. The standard InChI is InChI=1S/C52H88O15/c1-3-5-7-9-11-13-15-17-18-19-20-21-23-24-26-28-30-32-34-43(54)62-37-40(65-44(55)35-33-31-29-27-25-22-16-14-12-10-8-6-4-2)38-63-51-50(61)48(59)46(57)42(67-51)39-64-52-49(60)47(58)45(56)41(36-53)66-52/h6,8,12-15,18-19,22,25,40-42,45-53,56-61H,3-5,7,9-11,16-17,20-21,23-24,26-39H2,1-2H3/b8-6-,14-12-,15-13-,19-18-,25-22-. The highest BCUT2D eigenvalue weighted by Crippen LogP contribution is 2.26. The molecule has 11 unspecified atom stereocenters. The number of hydrogen-bond donors (Lipinski definition) is 7. The minimum atomic E-state index is -1.77. The molecule has 2 saturated heterocycles. The van der Waals surface area contributed by atoms with Gasteiger partial charge in [0, 0.05) is 12.8 Å². The first-order valence-corrected chi connectivity index (χ1v) is 25.4. The lowest BCUT2D eigenvalue weighted by atomic mass is 9.98. The number of ether oxygens (including phenoxy) is 6. The molecule has 2 fully saturated rings. The minimum Gasteiger partial charge on any atom is -0.462 e. The zero-order valence-corrected chi connectivity index (χ0v) is 40.6. The second-order valence-electron chi connectivity index (χ2n) is 17.6. The van der Waals surface area contributed by atoms with Crippen molar-refractivity contribution >= 4 is 11.9 Å². The molecule has 2 aliphatic rings. The molecule has 0 aromatic rings. The molecule has 0 radical (unpaired) electrons. The third-order valence-corrected chi connectivity index (χ3v) is 11.7. The van der Waals surface area contributed by atoms with Gasteiger partial charge in [0.05, 0.1) is 19.8 Å². The summed E-state index contributed by atoms with van der Waals surface area (Å²) in [5.74, 6) is -0.973. The van der Waals surface area contributed by atoms with E-state index in [2.05, 4.69) is 74.6 Å². The molecular formula is C52H88O15. The van der Waals surface area contributed by atoms with Gasteiger partial charge in [0.1, 0.15) is 55.4 Å². The molecule has 0 bridgehead atoms. The third kappa shape index (κ3) is 27.3. The Hall–Kier alpha value is -2.80. The van der Waals surface area contributed by atoms with Crippen LogP contribution in [0.1, 0.15) is 162 Å². The molecule has 15 heteroatoms. The van der Waals surface area contributed by atoms with Gasteiger partial charge in [0.15, 0.2) is 18.7 Å². The quantitative estimate of drug-likeness (QED) is 0.0190. The molecule has 2 heterocycles. The number of esters is 2. The summed E-state index contributed by atoms with van der Waals surface area (Å²) in [5.41, 5.74) is 0. The lowest BCUT2D eigenvalue weighted by Crippen LogP contribution is -2.61. The molecule has 386 valence electrons. The largest absolute Gasteiger partial charge is 0.462 e. The van der Waals surface area contributed by atoms with Crippen molar-refractivity contribution in [3.05, 3.63) is 60.8 Å². The van der Waals surface area contributed by atoms with Crippen molar-refractivity contribution in [2.75, 3.05) is 26.4 Å². The molecule has 0 aliphatic carbocycles.